The van der Waals surface area contributed by atoms with Gasteiger partial charge in [0, 0.05) is 11.1 Å². The molecule has 162 valence electrons. The minimum absolute atomic E-state index is 0.147. The topological polar surface area (TPSA) is 57.2 Å². The first-order chi connectivity index (χ1) is 12.9. The standard InChI is InChI=1S/C20H26I.CHF3O3S/c1-19(2,3)15-11-7-9-13-17(15)21-18-14-10-8-12-16(18)20(4,5)6;2-1(3,4)8(5,6)7/h7-14H,1-6H3;(H,5,6,7)/q+1;/p-1. The lowest BCUT2D eigenvalue weighted by Gasteiger charge is -2.20. The smallest absolute Gasteiger partial charge is 0.485 e. The van der Waals surface area contributed by atoms with E-state index in [1.54, 1.807) is 7.14 Å². The molecule has 0 unspecified atom stereocenters. The van der Waals surface area contributed by atoms with Gasteiger partial charge in [0.2, 0.25) is 0 Å². The Balaban J connectivity index is 0.000000447. The van der Waals surface area contributed by atoms with Crippen molar-refractivity contribution < 1.29 is 47.3 Å². The van der Waals surface area contributed by atoms with E-state index in [2.05, 4.69) is 90.1 Å². The highest BCUT2D eigenvalue weighted by Gasteiger charge is 2.37. The zero-order chi connectivity index (χ0) is 22.7. The van der Waals surface area contributed by atoms with Gasteiger partial charge in [0.15, 0.2) is 17.3 Å². The first-order valence-corrected chi connectivity index (χ1v) is 12.4. The van der Waals surface area contributed by atoms with Crippen LogP contribution >= 0.6 is 0 Å². The highest BCUT2D eigenvalue weighted by molar-refractivity contribution is 7.86. The van der Waals surface area contributed by atoms with Crippen LogP contribution in [0.2, 0.25) is 0 Å². The van der Waals surface area contributed by atoms with Crippen molar-refractivity contribution in [3.8, 4) is 0 Å². The molecule has 3 nitrogen and oxygen atoms in total. The molecule has 0 bridgehead atoms. The van der Waals surface area contributed by atoms with Crippen LogP contribution in [0, 0.1) is 7.14 Å². The van der Waals surface area contributed by atoms with Gasteiger partial charge in [-0.2, -0.15) is 13.2 Å². The minimum Gasteiger partial charge on any atom is -0.741 e. The Morgan fingerprint density at radius 2 is 1.00 bits per heavy atom. The molecular formula is C21H26F3IO3S. The first-order valence-electron chi connectivity index (χ1n) is 8.80. The molecule has 0 radical (unpaired) electrons. The summed E-state index contributed by atoms with van der Waals surface area (Å²) in [5.74, 6) is 0. The summed E-state index contributed by atoms with van der Waals surface area (Å²) in [6, 6.07) is 18.0. The Kier molecular flexibility index (Phi) is 8.35. The average molecular weight is 542 g/mol. The van der Waals surface area contributed by atoms with Gasteiger partial charge >= 0.3 is 26.7 Å². The van der Waals surface area contributed by atoms with Gasteiger partial charge in [-0.3, -0.25) is 0 Å². The van der Waals surface area contributed by atoms with Gasteiger partial charge in [0.1, 0.15) is 0 Å². The highest BCUT2D eigenvalue weighted by atomic mass is 127. The lowest BCUT2D eigenvalue weighted by atomic mass is 9.87. The second-order valence-corrected chi connectivity index (χ2v) is 12.7. The van der Waals surface area contributed by atoms with Crippen LogP contribution in [-0.2, 0) is 20.9 Å². The molecule has 0 saturated heterocycles. The van der Waals surface area contributed by atoms with Crippen LogP contribution in [0.3, 0.4) is 0 Å². The Bertz CT molecular complexity index is 870. The van der Waals surface area contributed by atoms with Crippen molar-refractivity contribution in [1.29, 1.82) is 0 Å². The molecule has 0 spiro atoms. The predicted octanol–water partition coefficient (Wildman–Crippen LogP) is 2.46. The van der Waals surface area contributed by atoms with Crippen LogP contribution < -0.4 is 21.2 Å². The summed E-state index contributed by atoms with van der Waals surface area (Å²) < 4.78 is 62.0. The maximum atomic E-state index is 10.7. The molecule has 0 heterocycles. The van der Waals surface area contributed by atoms with Crippen LogP contribution in [0.25, 0.3) is 0 Å². The maximum absolute atomic E-state index is 10.7. The molecule has 8 heteroatoms. The molecule has 2 aromatic rings. The van der Waals surface area contributed by atoms with Crippen molar-refractivity contribution in [3.63, 3.8) is 0 Å². The Labute approximate surface area is 181 Å². The summed E-state index contributed by atoms with van der Waals surface area (Å²) in [6.07, 6.45) is 0. The average Bonchev–Trinajstić information content (AvgIpc) is 2.52. The summed E-state index contributed by atoms with van der Waals surface area (Å²) in [7, 11) is -6.09. The van der Waals surface area contributed by atoms with Gasteiger partial charge < -0.3 is 4.55 Å². The zero-order valence-corrected chi connectivity index (χ0v) is 20.2. The van der Waals surface area contributed by atoms with Crippen molar-refractivity contribution in [2.45, 2.75) is 57.9 Å². The molecule has 2 aromatic carbocycles. The molecule has 0 amide bonds. The molecule has 0 aliphatic carbocycles. The van der Waals surface area contributed by atoms with E-state index in [9.17, 15) is 13.2 Å². The quantitative estimate of drug-likeness (QED) is 0.333. The zero-order valence-electron chi connectivity index (χ0n) is 17.3. The summed E-state index contributed by atoms with van der Waals surface area (Å²) in [5.41, 5.74) is -2.21. The second-order valence-electron chi connectivity index (χ2n) is 8.45. The highest BCUT2D eigenvalue weighted by Crippen LogP contribution is 2.23. The van der Waals surface area contributed by atoms with Crippen LogP contribution in [0.5, 0.6) is 0 Å². The lowest BCUT2D eigenvalue weighted by molar-refractivity contribution is -0.599. The number of hydrogen-bond acceptors (Lipinski definition) is 3. The summed E-state index contributed by atoms with van der Waals surface area (Å²) >= 11 is -0.147. The monoisotopic (exact) mass is 542 g/mol. The normalized spacial score (nSPS) is 12.9. The van der Waals surface area contributed by atoms with E-state index in [-0.39, 0.29) is 32.0 Å². The second kappa shape index (κ2) is 9.34. The summed E-state index contributed by atoms with van der Waals surface area (Å²) in [4.78, 5) is 0. The Morgan fingerprint density at radius 3 is 1.24 bits per heavy atom. The van der Waals surface area contributed by atoms with Crippen molar-refractivity contribution in [2.75, 3.05) is 0 Å². The minimum atomic E-state index is -6.09. The molecular weight excluding hydrogens is 516 g/mol. The molecule has 0 aromatic heterocycles. The third kappa shape index (κ3) is 7.90. The van der Waals surface area contributed by atoms with Gasteiger partial charge in [0.25, 0.3) is 0 Å². The first kappa shape index (κ1) is 25.9. The van der Waals surface area contributed by atoms with Crippen molar-refractivity contribution in [1.82, 2.24) is 0 Å². The third-order valence-electron chi connectivity index (χ3n) is 3.85. The Hall–Kier alpha value is -1.13. The van der Waals surface area contributed by atoms with Gasteiger partial charge in [-0.15, -0.1) is 0 Å². The molecule has 0 N–H and O–H groups in total. The van der Waals surface area contributed by atoms with Gasteiger partial charge in [-0.25, -0.2) is 8.42 Å². The number of halogens is 4. The van der Waals surface area contributed by atoms with Crippen LogP contribution in [0.1, 0.15) is 52.7 Å². The molecule has 0 saturated carbocycles. The number of hydrogen-bond donors (Lipinski definition) is 0. The number of benzene rings is 2. The van der Waals surface area contributed by atoms with Gasteiger partial charge in [-0.1, -0.05) is 77.9 Å². The van der Waals surface area contributed by atoms with Crippen LogP contribution in [0.4, 0.5) is 13.2 Å². The van der Waals surface area contributed by atoms with Gasteiger partial charge in [0.05, 0.1) is 0 Å². The fourth-order valence-corrected chi connectivity index (χ4v) is 6.37. The fraction of sp³-hybridized carbons (Fsp3) is 0.429. The number of alkyl halides is 3. The number of rotatable bonds is 2. The van der Waals surface area contributed by atoms with Crippen molar-refractivity contribution in [2.24, 2.45) is 0 Å². The van der Waals surface area contributed by atoms with E-state index in [1.807, 2.05) is 0 Å². The van der Waals surface area contributed by atoms with E-state index in [0.29, 0.717) is 0 Å². The van der Waals surface area contributed by atoms with Gasteiger partial charge in [-0.05, 0) is 23.0 Å². The molecule has 29 heavy (non-hydrogen) atoms. The summed E-state index contributed by atoms with van der Waals surface area (Å²) in [5, 5.41) is 0. The Morgan fingerprint density at radius 1 is 0.724 bits per heavy atom. The largest absolute Gasteiger partial charge is 0.741 e. The van der Waals surface area contributed by atoms with E-state index in [4.69, 9.17) is 13.0 Å². The molecule has 2 rings (SSSR count). The fourth-order valence-electron chi connectivity index (χ4n) is 2.41. The molecule has 0 aliphatic heterocycles. The van der Waals surface area contributed by atoms with Crippen molar-refractivity contribution in [3.05, 3.63) is 66.8 Å². The van der Waals surface area contributed by atoms with E-state index < -0.39 is 15.6 Å². The molecule has 0 fully saturated rings. The van der Waals surface area contributed by atoms with Crippen LogP contribution in [0.15, 0.2) is 48.5 Å². The predicted molar refractivity (Wildman–Crippen MR) is 103 cm³/mol. The van der Waals surface area contributed by atoms with Crippen LogP contribution in [-0.4, -0.2) is 18.5 Å². The van der Waals surface area contributed by atoms with E-state index in [1.165, 1.54) is 11.1 Å². The molecule has 0 atom stereocenters. The third-order valence-corrected chi connectivity index (χ3v) is 7.46. The van der Waals surface area contributed by atoms with E-state index in [0.717, 1.165) is 0 Å². The SMILES string of the molecule is CC(C)(C)c1ccccc1[I+]c1ccccc1C(C)(C)C.O=S(=O)([O-])C(F)(F)F. The molecule has 0 aliphatic rings. The maximum Gasteiger partial charge on any atom is 0.485 e. The van der Waals surface area contributed by atoms with E-state index >= 15 is 0 Å². The summed E-state index contributed by atoms with van der Waals surface area (Å²) in [6.45, 7) is 13.9. The lowest BCUT2D eigenvalue weighted by Crippen LogP contribution is -3.62. The van der Waals surface area contributed by atoms with Crippen molar-refractivity contribution >= 4 is 10.1 Å².